The molecule has 0 aliphatic carbocycles. The molecule has 154 valence electrons. The lowest BCUT2D eigenvalue weighted by molar-refractivity contribution is -0.137. The van der Waals surface area contributed by atoms with Crippen molar-refractivity contribution in [3.05, 3.63) is 101 Å². The fraction of sp³-hybridized carbons (Fsp3) is 0.0833. The Labute approximate surface area is 175 Å². The maximum absolute atomic E-state index is 12.7. The van der Waals surface area contributed by atoms with Gasteiger partial charge in [0.1, 0.15) is 18.0 Å². The van der Waals surface area contributed by atoms with E-state index in [1.54, 1.807) is 0 Å². The van der Waals surface area contributed by atoms with Crippen LogP contribution in [0.3, 0.4) is 0 Å². The van der Waals surface area contributed by atoms with E-state index in [9.17, 15) is 13.2 Å². The lowest BCUT2D eigenvalue weighted by atomic mass is 10.0. The van der Waals surface area contributed by atoms with Gasteiger partial charge >= 0.3 is 6.18 Å². The Balaban J connectivity index is 1.44. The zero-order valence-corrected chi connectivity index (χ0v) is 16.1. The fourth-order valence-corrected chi connectivity index (χ4v) is 3.58. The first kappa shape index (κ1) is 19.1. The van der Waals surface area contributed by atoms with Crippen LogP contribution in [0.25, 0.3) is 10.9 Å². The Morgan fingerprint density at radius 2 is 1.61 bits per heavy atom. The van der Waals surface area contributed by atoms with E-state index in [4.69, 9.17) is 9.83 Å². The standard InChI is InChI=1S/C24H16F3N3O/c25-24(26,27)16-11-9-15(10-12-16)14-31-30-23-18-6-2-4-8-21(18)29-22(23)19-13-28-20-7-3-1-5-17(19)20/h1-13,28H,14H2/b30-23+. The molecule has 7 heteroatoms. The van der Waals surface area contributed by atoms with Gasteiger partial charge in [-0.2, -0.15) is 13.2 Å². The minimum absolute atomic E-state index is 0.0466. The van der Waals surface area contributed by atoms with Gasteiger partial charge in [-0.1, -0.05) is 53.7 Å². The molecule has 0 bridgehead atoms. The molecule has 1 aliphatic rings. The van der Waals surface area contributed by atoms with Crippen LogP contribution in [0, 0.1) is 0 Å². The second-order valence-electron chi connectivity index (χ2n) is 7.13. The Bertz CT molecular complexity index is 1320. The molecular weight excluding hydrogens is 403 g/mol. The Hall–Kier alpha value is -3.87. The highest BCUT2D eigenvalue weighted by Crippen LogP contribution is 2.32. The molecule has 31 heavy (non-hydrogen) atoms. The summed E-state index contributed by atoms with van der Waals surface area (Å²) in [6, 6.07) is 20.4. The molecule has 1 aromatic heterocycles. The molecule has 1 N–H and O–H groups in total. The van der Waals surface area contributed by atoms with Crippen molar-refractivity contribution in [1.82, 2.24) is 4.98 Å². The number of rotatable bonds is 4. The smallest absolute Gasteiger partial charge is 0.390 e. The van der Waals surface area contributed by atoms with Crippen LogP contribution >= 0.6 is 0 Å². The van der Waals surface area contributed by atoms with E-state index >= 15 is 0 Å². The number of fused-ring (bicyclic) bond motifs is 2. The van der Waals surface area contributed by atoms with Crippen LogP contribution in [-0.4, -0.2) is 16.4 Å². The monoisotopic (exact) mass is 419 g/mol. The van der Waals surface area contributed by atoms with Gasteiger partial charge in [0.2, 0.25) is 0 Å². The Morgan fingerprint density at radius 3 is 2.42 bits per heavy atom. The van der Waals surface area contributed by atoms with Crippen LogP contribution in [0.15, 0.2) is 89.1 Å². The van der Waals surface area contributed by atoms with E-state index in [2.05, 4.69) is 10.1 Å². The van der Waals surface area contributed by atoms with Crippen molar-refractivity contribution in [2.24, 2.45) is 10.1 Å². The van der Waals surface area contributed by atoms with Gasteiger partial charge < -0.3 is 9.82 Å². The molecule has 2 heterocycles. The number of benzene rings is 3. The molecule has 0 unspecified atom stereocenters. The Kier molecular flexibility index (Phi) is 4.58. The van der Waals surface area contributed by atoms with Crippen molar-refractivity contribution in [2.45, 2.75) is 12.8 Å². The summed E-state index contributed by atoms with van der Waals surface area (Å²) in [6.45, 7) is 0.0466. The highest BCUT2D eigenvalue weighted by atomic mass is 19.4. The van der Waals surface area contributed by atoms with Crippen molar-refractivity contribution in [2.75, 3.05) is 0 Å². The molecule has 4 aromatic rings. The van der Waals surface area contributed by atoms with Gasteiger partial charge in [0.15, 0.2) is 0 Å². The fourth-order valence-electron chi connectivity index (χ4n) is 3.58. The number of aromatic nitrogens is 1. The van der Waals surface area contributed by atoms with Crippen LogP contribution in [0.2, 0.25) is 0 Å². The average molecular weight is 419 g/mol. The molecule has 0 saturated carbocycles. The number of hydrogen-bond acceptors (Lipinski definition) is 3. The van der Waals surface area contributed by atoms with Crippen LogP contribution in [0.5, 0.6) is 0 Å². The van der Waals surface area contributed by atoms with Gasteiger partial charge in [0.05, 0.1) is 11.3 Å². The molecule has 0 spiro atoms. The van der Waals surface area contributed by atoms with Crippen molar-refractivity contribution in [3.63, 3.8) is 0 Å². The summed E-state index contributed by atoms with van der Waals surface area (Å²) in [5, 5.41) is 5.34. The van der Waals surface area contributed by atoms with Gasteiger partial charge in [-0.15, -0.1) is 0 Å². The van der Waals surface area contributed by atoms with Gasteiger partial charge in [-0.3, -0.25) is 0 Å². The molecule has 0 radical (unpaired) electrons. The summed E-state index contributed by atoms with van der Waals surface area (Å²) in [4.78, 5) is 13.5. The molecule has 1 aliphatic heterocycles. The predicted molar refractivity (Wildman–Crippen MR) is 114 cm³/mol. The highest BCUT2D eigenvalue weighted by molar-refractivity contribution is 6.58. The van der Waals surface area contributed by atoms with E-state index in [0.29, 0.717) is 17.0 Å². The van der Waals surface area contributed by atoms with E-state index in [1.807, 2.05) is 54.7 Å². The third-order valence-corrected chi connectivity index (χ3v) is 5.13. The van der Waals surface area contributed by atoms with Gasteiger partial charge in [0, 0.05) is 28.2 Å². The minimum Gasteiger partial charge on any atom is -0.390 e. The average Bonchev–Trinajstić information content (AvgIpc) is 3.35. The molecular formula is C24H16F3N3O. The van der Waals surface area contributed by atoms with Crippen molar-refractivity contribution in [1.29, 1.82) is 0 Å². The third-order valence-electron chi connectivity index (χ3n) is 5.13. The first-order valence-corrected chi connectivity index (χ1v) is 9.62. The Morgan fingerprint density at radius 1 is 0.871 bits per heavy atom. The SMILES string of the molecule is FC(F)(F)c1ccc(CO/N=C2/C(c3c[nH]c4ccccc34)=Nc3ccccc32)cc1. The highest BCUT2D eigenvalue weighted by Gasteiger charge is 2.30. The summed E-state index contributed by atoms with van der Waals surface area (Å²) in [7, 11) is 0. The topological polar surface area (TPSA) is 49.7 Å². The number of hydrogen-bond donors (Lipinski definition) is 1. The van der Waals surface area contributed by atoms with E-state index in [1.165, 1.54) is 12.1 Å². The summed E-state index contributed by atoms with van der Waals surface area (Å²) >= 11 is 0. The van der Waals surface area contributed by atoms with Gasteiger partial charge in [-0.25, -0.2) is 4.99 Å². The van der Waals surface area contributed by atoms with Gasteiger partial charge in [0.25, 0.3) is 0 Å². The number of oxime groups is 1. The quantitative estimate of drug-likeness (QED) is 0.391. The van der Waals surface area contributed by atoms with Crippen LogP contribution < -0.4 is 0 Å². The van der Waals surface area contributed by atoms with Crippen LogP contribution in [0.4, 0.5) is 18.9 Å². The second kappa shape index (κ2) is 7.43. The second-order valence-corrected chi connectivity index (χ2v) is 7.13. The van der Waals surface area contributed by atoms with E-state index in [-0.39, 0.29) is 6.61 Å². The maximum Gasteiger partial charge on any atom is 0.416 e. The van der Waals surface area contributed by atoms with Crippen molar-refractivity contribution in [3.8, 4) is 0 Å². The third kappa shape index (κ3) is 3.59. The summed E-state index contributed by atoms with van der Waals surface area (Å²) < 4.78 is 38.2. The molecule has 0 amide bonds. The predicted octanol–water partition coefficient (Wildman–Crippen LogP) is 6.24. The van der Waals surface area contributed by atoms with Crippen LogP contribution in [0.1, 0.15) is 22.3 Å². The number of para-hydroxylation sites is 2. The molecule has 0 atom stereocenters. The number of alkyl halides is 3. The molecule has 0 saturated heterocycles. The summed E-state index contributed by atoms with van der Waals surface area (Å²) in [6.07, 6.45) is -2.47. The molecule has 3 aromatic carbocycles. The molecule has 5 rings (SSSR count). The molecule has 0 fully saturated rings. The number of H-pyrrole nitrogens is 1. The summed E-state index contributed by atoms with van der Waals surface area (Å²) in [5.74, 6) is 0. The lowest BCUT2D eigenvalue weighted by Gasteiger charge is -2.08. The zero-order valence-electron chi connectivity index (χ0n) is 16.1. The summed E-state index contributed by atoms with van der Waals surface area (Å²) in [5.41, 5.74) is 4.70. The van der Waals surface area contributed by atoms with E-state index < -0.39 is 11.7 Å². The number of halogens is 3. The largest absolute Gasteiger partial charge is 0.416 e. The zero-order chi connectivity index (χ0) is 21.4. The first-order chi connectivity index (χ1) is 15.0. The molecule has 4 nitrogen and oxygen atoms in total. The minimum atomic E-state index is -4.36. The van der Waals surface area contributed by atoms with Crippen LogP contribution in [-0.2, 0) is 17.6 Å². The first-order valence-electron chi connectivity index (χ1n) is 9.62. The number of nitrogens with one attached hydrogen (secondary N) is 1. The number of nitrogens with zero attached hydrogens (tertiary/aromatic N) is 2. The lowest BCUT2D eigenvalue weighted by Crippen LogP contribution is -2.13. The number of aliphatic imine (C=N–C) groups is 1. The van der Waals surface area contributed by atoms with Crippen molar-refractivity contribution < 1.29 is 18.0 Å². The number of aromatic amines is 1. The normalized spacial score (nSPS) is 14.7. The maximum atomic E-state index is 12.7. The van der Waals surface area contributed by atoms with E-state index in [0.717, 1.165) is 39.8 Å². The van der Waals surface area contributed by atoms with Crippen molar-refractivity contribution >= 4 is 28.0 Å². The van der Waals surface area contributed by atoms with Gasteiger partial charge in [-0.05, 0) is 29.8 Å².